The highest BCUT2D eigenvalue weighted by Gasteiger charge is 2.18. The van der Waals surface area contributed by atoms with Crippen LogP contribution < -0.4 is 5.32 Å². The van der Waals surface area contributed by atoms with Crippen LogP contribution in [0.1, 0.15) is 12.2 Å². The Labute approximate surface area is 133 Å². The van der Waals surface area contributed by atoms with E-state index in [0.29, 0.717) is 11.4 Å². The van der Waals surface area contributed by atoms with Crippen molar-refractivity contribution in [2.75, 3.05) is 12.4 Å². The first-order chi connectivity index (χ1) is 11.2. The van der Waals surface area contributed by atoms with Crippen LogP contribution in [0.4, 0.5) is 5.82 Å². The molecule has 3 aromatic rings. The van der Waals surface area contributed by atoms with Crippen molar-refractivity contribution in [2.45, 2.75) is 19.4 Å². The summed E-state index contributed by atoms with van der Waals surface area (Å²) in [4.78, 5) is 9.08. The number of aryl methyl sites for hydroxylation is 1. The van der Waals surface area contributed by atoms with Gasteiger partial charge in [-0.3, -0.25) is 0 Å². The fourth-order valence-electron chi connectivity index (χ4n) is 2.88. The number of rotatable bonds is 3. The Morgan fingerprint density at radius 1 is 1.26 bits per heavy atom. The quantitative estimate of drug-likeness (QED) is 0.793. The topological polar surface area (TPSA) is 60.2 Å². The Bertz CT molecular complexity index is 940. The summed E-state index contributed by atoms with van der Waals surface area (Å²) in [5.74, 6) is 2.38. The van der Waals surface area contributed by atoms with Gasteiger partial charge in [-0.05, 0) is 25.1 Å². The second-order valence-corrected chi connectivity index (χ2v) is 5.57. The van der Waals surface area contributed by atoms with Crippen molar-refractivity contribution in [2.24, 2.45) is 0 Å². The number of methoxy groups -OCH3 is 1. The molecule has 0 bridgehead atoms. The molecule has 1 atom stereocenters. The third-order valence-corrected chi connectivity index (χ3v) is 3.96. The minimum absolute atomic E-state index is 0.112. The number of nitrogens with one attached hydrogen (secondary N) is 1. The second kappa shape index (κ2) is 5.43. The summed E-state index contributed by atoms with van der Waals surface area (Å²) < 4.78 is 11.3. The molecule has 1 aliphatic rings. The molecule has 1 unspecified atom stereocenters. The van der Waals surface area contributed by atoms with Crippen molar-refractivity contribution in [1.29, 1.82) is 0 Å². The van der Waals surface area contributed by atoms with Gasteiger partial charge in [-0.25, -0.2) is 9.97 Å². The summed E-state index contributed by atoms with van der Waals surface area (Å²) in [7, 11) is 1.69. The van der Waals surface area contributed by atoms with Gasteiger partial charge in [0.1, 0.15) is 16.9 Å². The molecule has 4 rings (SSSR count). The van der Waals surface area contributed by atoms with Crippen LogP contribution in [0.15, 0.2) is 52.7 Å². The maximum absolute atomic E-state index is 5.98. The lowest BCUT2D eigenvalue weighted by atomic mass is 10.1. The van der Waals surface area contributed by atoms with Crippen LogP contribution in [0, 0.1) is 6.92 Å². The summed E-state index contributed by atoms with van der Waals surface area (Å²) in [6.07, 6.45) is 6.83. The van der Waals surface area contributed by atoms with Crippen LogP contribution in [-0.4, -0.2) is 23.1 Å². The highest BCUT2D eigenvalue weighted by atomic mass is 16.5. The van der Waals surface area contributed by atoms with Crippen LogP contribution in [0.3, 0.4) is 0 Å². The maximum atomic E-state index is 5.98. The van der Waals surface area contributed by atoms with Gasteiger partial charge in [-0.2, -0.15) is 0 Å². The number of para-hydroxylation sites is 1. The number of benzene rings is 1. The highest BCUT2D eigenvalue weighted by molar-refractivity contribution is 6.05. The Balaban J connectivity index is 1.78. The van der Waals surface area contributed by atoms with Crippen LogP contribution in [0.25, 0.3) is 22.1 Å². The largest absolute Gasteiger partial charge is 0.501 e. The Morgan fingerprint density at radius 2 is 2.13 bits per heavy atom. The number of aromatic nitrogens is 2. The molecular weight excluding hydrogens is 290 g/mol. The molecule has 5 nitrogen and oxygen atoms in total. The van der Waals surface area contributed by atoms with Crippen molar-refractivity contribution in [1.82, 2.24) is 9.97 Å². The van der Waals surface area contributed by atoms with Gasteiger partial charge in [0.05, 0.1) is 18.9 Å². The lowest BCUT2D eigenvalue weighted by Gasteiger charge is -2.19. The Morgan fingerprint density at radius 3 is 3.00 bits per heavy atom. The first-order valence-electron chi connectivity index (χ1n) is 7.58. The normalized spacial score (nSPS) is 17.5. The summed E-state index contributed by atoms with van der Waals surface area (Å²) >= 11 is 0. The molecule has 0 spiro atoms. The molecule has 0 radical (unpaired) electrons. The van der Waals surface area contributed by atoms with Crippen molar-refractivity contribution in [3.63, 3.8) is 0 Å². The van der Waals surface area contributed by atoms with Gasteiger partial charge in [0.2, 0.25) is 0 Å². The van der Waals surface area contributed by atoms with Crippen LogP contribution in [-0.2, 0) is 4.74 Å². The molecule has 23 heavy (non-hydrogen) atoms. The predicted molar refractivity (Wildman–Crippen MR) is 90.3 cm³/mol. The van der Waals surface area contributed by atoms with Gasteiger partial charge in [-0.1, -0.05) is 24.3 Å². The van der Waals surface area contributed by atoms with E-state index in [-0.39, 0.29) is 6.04 Å². The van der Waals surface area contributed by atoms with E-state index < -0.39 is 0 Å². The van der Waals surface area contributed by atoms with Gasteiger partial charge in [0, 0.05) is 11.8 Å². The minimum Gasteiger partial charge on any atom is -0.501 e. The number of hydrogen-bond donors (Lipinski definition) is 1. The first kappa shape index (κ1) is 13.8. The molecule has 1 aromatic carbocycles. The van der Waals surface area contributed by atoms with Gasteiger partial charge in [0.25, 0.3) is 0 Å². The summed E-state index contributed by atoms with van der Waals surface area (Å²) in [6, 6.07) is 8.02. The summed E-state index contributed by atoms with van der Waals surface area (Å²) in [5.41, 5.74) is 2.36. The Kier molecular flexibility index (Phi) is 3.26. The van der Waals surface area contributed by atoms with Gasteiger partial charge < -0.3 is 14.5 Å². The first-order valence-corrected chi connectivity index (χ1v) is 7.58. The number of hydrogen-bond acceptors (Lipinski definition) is 5. The van der Waals surface area contributed by atoms with E-state index in [4.69, 9.17) is 9.15 Å². The zero-order valence-corrected chi connectivity index (χ0v) is 13.0. The zero-order chi connectivity index (χ0) is 15.8. The molecule has 1 aliphatic carbocycles. The van der Waals surface area contributed by atoms with Crippen LogP contribution in [0.2, 0.25) is 0 Å². The minimum atomic E-state index is 0.112. The average Bonchev–Trinajstić information content (AvgIpc) is 2.94. The van der Waals surface area contributed by atoms with Crippen molar-refractivity contribution in [3.8, 4) is 0 Å². The molecule has 0 fully saturated rings. The van der Waals surface area contributed by atoms with Crippen LogP contribution in [0.5, 0.6) is 0 Å². The van der Waals surface area contributed by atoms with E-state index >= 15 is 0 Å². The SMILES string of the molecule is COC1=CC=CC(Nc2nc(C)nc3c2oc2ccccc23)C1. The monoisotopic (exact) mass is 307 g/mol. The molecule has 5 heteroatoms. The van der Waals surface area contributed by atoms with E-state index in [9.17, 15) is 0 Å². The van der Waals surface area contributed by atoms with Gasteiger partial charge >= 0.3 is 0 Å². The highest BCUT2D eigenvalue weighted by Crippen LogP contribution is 2.32. The van der Waals surface area contributed by atoms with Gasteiger partial charge in [0.15, 0.2) is 11.4 Å². The number of allylic oxidation sites excluding steroid dienone is 2. The summed E-state index contributed by atoms with van der Waals surface area (Å²) in [6.45, 7) is 1.89. The second-order valence-electron chi connectivity index (χ2n) is 5.57. The van der Waals surface area contributed by atoms with Crippen molar-refractivity contribution in [3.05, 3.63) is 54.1 Å². The standard InChI is InChI=1S/C18H17N3O2/c1-11-19-16-14-8-3-4-9-15(14)23-17(16)18(20-11)21-12-6-5-7-13(10-12)22-2/h3-9,12H,10H2,1-2H3,(H,19,20,21). The van der Waals surface area contributed by atoms with Crippen LogP contribution >= 0.6 is 0 Å². The third-order valence-electron chi connectivity index (χ3n) is 3.96. The van der Waals surface area contributed by atoms with Crippen molar-refractivity contribution >= 4 is 27.9 Å². The van der Waals surface area contributed by atoms with E-state index in [1.54, 1.807) is 7.11 Å². The van der Waals surface area contributed by atoms with E-state index in [1.807, 2.05) is 43.3 Å². The van der Waals surface area contributed by atoms with E-state index in [1.165, 1.54) is 0 Å². The average molecular weight is 307 g/mol. The number of furan rings is 1. The molecule has 2 aromatic heterocycles. The van der Waals surface area contributed by atoms with E-state index in [0.717, 1.165) is 34.5 Å². The fraction of sp³-hybridized carbons (Fsp3) is 0.222. The lowest BCUT2D eigenvalue weighted by molar-refractivity contribution is 0.274. The molecule has 0 saturated heterocycles. The Hall–Kier alpha value is -2.82. The molecule has 1 N–H and O–H groups in total. The molecule has 116 valence electrons. The predicted octanol–water partition coefficient (Wildman–Crippen LogP) is 3.96. The number of anilines is 1. The number of ether oxygens (including phenoxy) is 1. The number of fused-ring (bicyclic) bond motifs is 3. The smallest absolute Gasteiger partial charge is 0.196 e. The summed E-state index contributed by atoms with van der Waals surface area (Å²) in [5, 5.41) is 4.44. The lowest BCUT2D eigenvalue weighted by Crippen LogP contribution is -2.20. The van der Waals surface area contributed by atoms with Gasteiger partial charge in [-0.15, -0.1) is 0 Å². The van der Waals surface area contributed by atoms with E-state index in [2.05, 4.69) is 21.4 Å². The molecule has 0 aliphatic heterocycles. The molecule has 2 heterocycles. The fourth-order valence-corrected chi connectivity index (χ4v) is 2.88. The molecular formula is C18H17N3O2. The maximum Gasteiger partial charge on any atom is 0.196 e. The number of nitrogens with zero attached hydrogens (tertiary/aromatic N) is 2. The third kappa shape index (κ3) is 2.44. The molecule has 0 saturated carbocycles. The van der Waals surface area contributed by atoms with Crippen molar-refractivity contribution < 1.29 is 9.15 Å². The molecule has 0 amide bonds. The zero-order valence-electron chi connectivity index (χ0n) is 13.0.